The molecule has 152 valence electrons. The highest BCUT2D eigenvalue weighted by molar-refractivity contribution is 6.04. The molecule has 1 saturated heterocycles. The van der Waals surface area contributed by atoms with Crippen LogP contribution in [0.15, 0.2) is 48.5 Å². The Kier molecular flexibility index (Phi) is 6.33. The highest BCUT2D eigenvalue weighted by Crippen LogP contribution is 2.19. The van der Waals surface area contributed by atoms with E-state index in [0.29, 0.717) is 17.2 Å². The van der Waals surface area contributed by atoms with Gasteiger partial charge in [0.25, 0.3) is 5.91 Å². The zero-order valence-corrected chi connectivity index (χ0v) is 16.3. The molecule has 1 aliphatic rings. The molecule has 29 heavy (non-hydrogen) atoms. The van der Waals surface area contributed by atoms with Crippen molar-refractivity contribution in [1.29, 1.82) is 0 Å². The van der Waals surface area contributed by atoms with Gasteiger partial charge in [0.05, 0.1) is 20.8 Å². The van der Waals surface area contributed by atoms with Crippen LogP contribution in [0.5, 0.6) is 11.5 Å². The third kappa shape index (κ3) is 5.04. The van der Waals surface area contributed by atoms with Crippen LogP contribution in [-0.4, -0.2) is 43.0 Å². The van der Waals surface area contributed by atoms with Crippen LogP contribution >= 0.6 is 0 Å². The lowest BCUT2D eigenvalue weighted by Crippen LogP contribution is -2.31. The fourth-order valence-electron chi connectivity index (χ4n) is 3.04. The maximum Gasteiger partial charge on any atom is 0.325 e. The average Bonchev–Trinajstić information content (AvgIpc) is 3.00. The van der Waals surface area contributed by atoms with E-state index < -0.39 is 12.1 Å². The molecule has 4 amide bonds. The molecule has 8 nitrogen and oxygen atoms in total. The topological polar surface area (TPSA) is 97.0 Å². The van der Waals surface area contributed by atoms with Crippen molar-refractivity contribution in [2.45, 2.75) is 25.4 Å². The van der Waals surface area contributed by atoms with Gasteiger partial charge in [0, 0.05) is 18.2 Å². The predicted molar refractivity (Wildman–Crippen MR) is 107 cm³/mol. The molecule has 2 aromatic carbocycles. The first-order valence-corrected chi connectivity index (χ1v) is 9.19. The predicted octanol–water partition coefficient (Wildman–Crippen LogP) is 2.54. The Morgan fingerprint density at radius 3 is 2.48 bits per heavy atom. The van der Waals surface area contributed by atoms with E-state index in [4.69, 9.17) is 9.47 Å². The molecule has 1 heterocycles. The first-order valence-electron chi connectivity index (χ1n) is 9.19. The van der Waals surface area contributed by atoms with Gasteiger partial charge in [0.2, 0.25) is 5.91 Å². The van der Waals surface area contributed by atoms with E-state index in [0.717, 1.165) is 10.5 Å². The summed E-state index contributed by atoms with van der Waals surface area (Å²) in [6.07, 6.45) is 0.323. The number of carbonyl (C=O) groups excluding carboxylic acids is 3. The van der Waals surface area contributed by atoms with Crippen LogP contribution in [0.1, 0.15) is 18.4 Å². The molecule has 2 aromatic rings. The molecule has 0 saturated carbocycles. The Morgan fingerprint density at radius 2 is 1.79 bits per heavy atom. The third-order valence-corrected chi connectivity index (χ3v) is 4.62. The second kappa shape index (κ2) is 9.09. The average molecular weight is 397 g/mol. The third-order valence-electron chi connectivity index (χ3n) is 4.62. The molecular weight excluding hydrogens is 374 g/mol. The second-order valence-electron chi connectivity index (χ2n) is 6.59. The van der Waals surface area contributed by atoms with Crippen LogP contribution in [0.2, 0.25) is 0 Å². The van der Waals surface area contributed by atoms with E-state index in [1.165, 1.54) is 0 Å². The van der Waals surface area contributed by atoms with Crippen molar-refractivity contribution in [2.75, 3.05) is 19.5 Å². The number of imide groups is 1. The zero-order chi connectivity index (χ0) is 20.8. The van der Waals surface area contributed by atoms with Crippen LogP contribution in [0.25, 0.3) is 0 Å². The number of nitrogens with one attached hydrogen (secondary N) is 2. The molecule has 0 bridgehead atoms. The maximum atomic E-state index is 12.6. The fraction of sp³-hybridized carbons (Fsp3) is 0.286. The normalized spacial score (nSPS) is 15.8. The number of hydrogen-bond acceptors (Lipinski definition) is 5. The Bertz CT molecular complexity index is 897. The number of rotatable bonds is 8. The summed E-state index contributed by atoms with van der Waals surface area (Å²) in [5.41, 5.74) is 1.42. The smallest absolute Gasteiger partial charge is 0.325 e. The van der Waals surface area contributed by atoms with E-state index in [9.17, 15) is 14.4 Å². The summed E-state index contributed by atoms with van der Waals surface area (Å²) < 4.78 is 10.2. The molecule has 0 radical (unpaired) electrons. The van der Waals surface area contributed by atoms with Crippen LogP contribution in [0, 0.1) is 0 Å². The van der Waals surface area contributed by atoms with E-state index in [1.54, 1.807) is 62.8 Å². The van der Waals surface area contributed by atoms with Gasteiger partial charge in [-0.25, -0.2) is 4.79 Å². The molecule has 0 aromatic heterocycles. The molecule has 3 rings (SSSR count). The van der Waals surface area contributed by atoms with Crippen LogP contribution < -0.4 is 20.1 Å². The minimum Gasteiger partial charge on any atom is -0.497 e. The van der Waals surface area contributed by atoms with Crippen molar-refractivity contribution in [1.82, 2.24) is 10.2 Å². The first-order chi connectivity index (χ1) is 14.0. The molecule has 8 heteroatoms. The van der Waals surface area contributed by atoms with Crippen molar-refractivity contribution in [3.63, 3.8) is 0 Å². The number of benzene rings is 2. The number of nitrogens with zero attached hydrogens (tertiary/aromatic N) is 1. The first kappa shape index (κ1) is 20.2. The van der Waals surface area contributed by atoms with Gasteiger partial charge in [-0.2, -0.15) is 0 Å². The van der Waals surface area contributed by atoms with E-state index in [1.807, 2.05) is 0 Å². The Morgan fingerprint density at radius 1 is 1.07 bits per heavy atom. The lowest BCUT2D eigenvalue weighted by molar-refractivity contribution is -0.128. The Hall–Kier alpha value is -3.55. The van der Waals surface area contributed by atoms with Gasteiger partial charge in [-0.3, -0.25) is 14.5 Å². The van der Waals surface area contributed by atoms with Crippen LogP contribution in [0.3, 0.4) is 0 Å². The minimum absolute atomic E-state index is 0.101. The van der Waals surface area contributed by atoms with Crippen molar-refractivity contribution in [3.05, 3.63) is 54.1 Å². The number of methoxy groups -OCH3 is 2. The Balaban J connectivity index is 1.53. The summed E-state index contributed by atoms with van der Waals surface area (Å²) in [4.78, 5) is 38.1. The number of carbonyl (C=O) groups is 3. The van der Waals surface area contributed by atoms with Crippen LogP contribution in [-0.2, 0) is 16.1 Å². The van der Waals surface area contributed by atoms with Gasteiger partial charge in [-0.05, 0) is 36.2 Å². The number of urea groups is 1. The summed E-state index contributed by atoms with van der Waals surface area (Å²) in [6, 6.07) is 13.0. The molecule has 1 fully saturated rings. The van der Waals surface area contributed by atoms with Gasteiger partial charge in [-0.1, -0.05) is 18.2 Å². The minimum atomic E-state index is -0.711. The molecule has 0 unspecified atom stereocenters. The summed E-state index contributed by atoms with van der Waals surface area (Å²) in [5, 5.41) is 5.41. The van der Waals surface area contributed by atoms with Crippen molar-refractivity contribution < 1.29 is 23.9 Å². The zero-order valence-electron chi connectivity index (χ0n) is 16.3. The highest BCUT2D eigenvalue weighted by atomic mass is 16.5. The van der Waals surface area contributed by atoms with Crippen molar-refractivity contribution in [3.8, 4) is 11.5 Å². The largest absolute Gasteiger partial charge is 0.497 e. The summed E-state index contributed by atoms with van der Waals surface area (Å²) in [6.45, 7) is 0.168. The van der Waals surface area contributed by atoms with E-state index in [2.05, 4.69) is 10.6 Å². The molecule has 2 N–H and O–H groups in total. The number of amides is 4. The van der Waals surface area contributed by atoms with Gasteiger partial charge >= 0.3 is 6.03 Å². The number of anilines is 1. The van der Waals surface area contributed by atoms with E-state index in [-0.39, 0.29) is 31.2 Å². The molecule has 0 spiro atoms. The van der Waals surface area contributed by atoms with Crippen LogP contribution in [0.4, 0.5) is 10.5 Å². The Labute approximate surface area is 168 Å². The van der Waals surface area contributed by atoms with Gasteiger partial charge in [0.15, 0.2) is 0 Å². The molecule has 1 atom stereocenters. The summed E-state index contributed by atoms with van der Waals surface area (Å²) in [5.74, 6) is 0.759. The quantitative estimate of drug-likeness (QED) is 0.667. The molecular formula is C21H23N3O5. The monoisotopic (exact) mass is 397 g/mol. The number of ether oxygens (including phenoxy) is 2. The highest BCUT2D eigenvalue weighted by Gasteiger charge is 2.37. The van der Waals surface area contributed by atoms with Crippen molar-refractivity contribution in [2.24, 2.45) is 0 Å². The number of hydrogen-bond donors (Lipinski definition) is 2. The summed E-state index contributed by atoms with van der Waals surface area (Å²) >= 11 is 0. The van der Waals surface area contributed by atoms with Gasteiger partial charge in [-0.15, -0.1) is 0 Å². The van der Waals surface area contributed by atoms with Crippen molar-refractivity contribution >= 4 is 23.5 Å². The van der Waals surface area contributed by atoms with E-state index >= 15 is 0 Å². The van der Waals surface area contributed by atoms with Gasteiger partial charge in [0.1, 0.15) is 17.5 Å². The standard InChI is InChI=1S/C21H23N3O5/c1-28-16-8-6-14(7-9-16)13-24-20(26)18(23-21(24)27)10-11-19(25)22-15-4-3-5-17(12-15)29-2/h3-9,12,18H,10-11,13H2,1-2H3,(H,22,25)(H,23,27)/t18-/m1/s1. The molecule has 0 aliphatic carbocycles. The second-order valence-corrected chi connectivity index (χ2v) is 6.59. The molecule has 1 aliphatic heterocycles. The SMILES string of the molecule is COc1ccc(CN2C(=O)N[C@H](CCC(=O)Nc3cccc(OC)c3)C2=O)cc1. The lowest BCUT2D eigenvalue weighted by Gasteiger charge is -2.13. The lowest BCUT2D eigenvalue weighted by atomic mass is 10.1. The van der Waals surface area contributed by atoms with Gasteiger partial charge < -0.3 is 20.1 Å². The fourth-order valence-corrected chi connectivity index (χ4v) is 3.04. The maximum absolute atomic E-state index is 12.6. The summed E-state index contributed by atoms with van der Waals surface area (Å²) in [7, 11) is 3.12.